The van der Waals surface area contributed by atoms with E-state index in [-0.39, 0.29) is 5.92 Å². The van der Waals surface area contributed by atoms with Gasteiger partial charge in [0.2, 0.25) is 0 Å². The minimum Gasteiger partial charge on any atom is -0.493 e. The lowest BCUT2D eigenvalue weighted by atomic mass is 9.95. The van der Waals surface area contributed by atoms with Crippen molar-refractivity contribution in [2.24, 2.45) is 0 Å². The topological polar surface area (TPSA) is 108 Å². The number of aromatic nitrogens is 6. The number of fused-ring (bicyclic) bond motifs is 2. The van der Waals surface area contributed by atoms with Crippen LogP contribution in [0.5, 0.6) is 5.75 Å². The van der Waals surface area contributed by atoms with Gasteiger partial charge in [-0.3, -0.25) is 4.90 Å². The van der Waals surface area contributed by atoms with Crippen molar-refractivity contribution < 1.29 is 4.74 Å². The van der Waals surface area contributed by atoms with E-state index in [1.807, 2.05) is 18.5 Å². The van der Waals surface area contributed by atoms with E-state index in [0.29, 0.717) is 23.9 Å². The van der Waals surface area contributed by atoms with Crippen LogP contribution in [0.1, 0.15) is 49.9 Å². The Balaban J connectivity index is 1.57. The molecule has 5 rings (SSSR count). The smallest absolute Gasteiger partial charge is 0.197 e. The Hall–Kier alpha value is -3.51. The number of nitrogens with one attached hydrogen (secondary N) is 1. The molecule has 0 spiro atoms. The standard InChI is InChI=1S/C23H26N8O/c1-14(2)19-20(16-10-18(32-3)23-26-13-27-31(23)12-16)28-17-11-25-22(29-21(17)19)15-4-7-30(8-5-15)9-6-24/h10-15,28H,4-5,7-9H2,1-3H3. The summed E-state index contributed by atoms with van der Waals surface area (Å²) < 4.78 is 7.29. The van der Waals surface area contributed by atoms with E-state index in [9.17, 15) is 0 Å². The normalized spacial score (nSPS) is 15.6. The molecule has 0 aliphatic carbocycles. The van der Waals surface area contributed by atoms with Crippen molar-refractivity contribution in [3.63, 3.8) is 0 Å². The zero-order valence-corrected chi connectivity index (χ0v) is 18.5. The van der Waals surface area contributed by atoms with Crippen LogP contribution >= 0.6 is 0 Å². The fourth-order valence-corrected chi connectivity index (χ4v) is 4.63. The summed E-state index contributed by atoms with van der Waals surface area (Å²) in [5, 5.41) is 13.2. The van der Waals surface area contributed by atoms with Crippen LogP contribution in [0.25, 0.3) is 27.9 Å². The van der Waals surface area contributed by atoms with Gasteiger partial charge in [0.15, 0.2) is 11.4 Å². The number of nitrogens with zero attached hydrogens (tertiary/aromatic N) is 7. The lowest BCUT2D eigenvalue weighted by Crippen LogP contribution is -2.33. The van der Waals surface area contributed by atoms with Crippen LogP contribution < -0.4 is 4.74 Å². The highest BCUT2D eigenvalue weighted by Gasteiger charge is 2.25. The number of aromatic amines is 1. The summed E-state index contributed by atoms with van der Waals surface area (Å²) in [6.07, 6.45) is 7.33. The highest BCUT2D eigenvalue weighted by atomic mass is 16.5. The predicted octanol–water partition coefficient (Wildman–Crippen LogP) is 3.50. The molecule has 164 valence electrons. The molecule has 0 saturated carbocycles. The van der Waals surface area contributed by atoms with Crippen LogP contribution in [0, 0.1) is 11.3 Å². The molecular formula is C23H26N8O. The van der Waals surface area contributed by atoms with Crippen molar-refractivity contribution in [1.29, 1.82) is 5.26 Å². The molecule has 1 saturated heterocycles. The molecule has 4 aromatic rings. The average molecular weight is 431 g/mol. The Morgan fingerprint density at radius 1 is 1.28 bits per heavy atom. The minimum absolute atomic E-state index is 0.261. The van der Waals surface area contributed by atoms with Crippen molar-refractivity contribution in [3.8, 4) is 23.1 Å². The molecule has 1 aliphatic rings. The van der Waals surface area contributed by atoms with Gasteiger partial charge in [-0.15, -0.1) is 0 Å². The van der Waals surface area contributed by atoms with E-state index in [4.69, 9.17) is 20.0 Å². The maximum absolute atomic E-state index is 8.94. The van der Waals surface area contributed by atoms with Gasteiger partial charge in [-0.05, 0) is 37.9 Å². The molecule has 0 radical (unpaired) electrons. The number of likely N-dealkylation sites (tertiary alicyclic amines) is 1. The van der Waals surface area contributed by atoms with Crippen LogP contribution in [0.4, 0.5) is 0 Å². The zero-order valence-electron chi connectivity index (χ0n) is 18.5. The fourth-order valence-electron chi connectivity index (χ4n) is 4.63. The monoisotopic (exact) mass is 430 g/mol. The molecule has 1 fully saturated rings. The Morgan fingerprint density at radius 2 is 2.09 bits per heavy atom. The van der Waals surface area contributed by atoms with Crippen LogP contribution in [0.3, 0.4) is 0 Å². The van der Waals surface area contributed by atoms with Crippen LogP contribution in [0.2, 0.25) is 0 Å². The number of pyridine rings is 1. The summed E-state index contributed by atoms with van der Waals surface area (Å²) in [5.41, 5.74) is 5.70. The highest BCUT2D eigenvalue weighted by Crippen LogP contribution is 2.37. The quantitative estimate of drug-likeness (QED) is 0.483. The lowest BCUT2D eigenvalue weighted by Gasteiger charge is -2.29. The van der Waals surface area contributed by atoms with E-state index in [1.54, 1.807) is 11.6 Å². The fraction of sp³-hybridized carbons (Fsp3) is 0.435. The number of rotatable bonds is 5. The third kappa shape index (κ3) is 3.46. The maximum atomic E-state index is 8.94. The lowest BCUT2D eigenvalue weighted by molar-refractivity contribution is 0.231. The Morgan fingerprint density at radius 3 is 2.81 bits per heavy atom. The van der Waals surface area contributed by atoms with Crippen molar-refractivity contribution >= 4 is 16.7 Å². The number of piperidine rings is 1. The van der Waals surface area contributed by atoms with Crippen molar-refractivity contribution in [1.82, 2.24) is 34.4 Å². The number of methoxy groups -OCH3 is 1. The number of ether oxygens (including phenoxy) is 1. The summed E-state index contributed by atoms with van der Waals surface area (Å²) in [4.78, 5) is 19.8. The molecule has 4 aromatic heterocycles. The second-order valence-corrected chi connectivity index (χ2v) is 8.59. The molecule has 9 heteroatoms. The first kappa shape index (κ1) is 20.4. The van der Waals surface area contributed by atoms with Gasteiger partial charge in [0.05, 0.1) is 42.6 Å². The second-order valence-electron chi connectivity index (χ2n) is 8.59. The van der Waals surface area contributed by atoms with Gasteiger partial charge >= 0.3 is 0 Å². The van der Waals surface area contributed by atoms with Gasteiger partial charge in [-0.2, -0.15) is 10.4 Å². The van der Waals surface area contributed by atoms with Gasteiger partial charge in [0, 0.05) is 23.2 Å². The predicted molar refractivity (Wildman–Crippen MR) is 121 cm³/mol. The van der Waals surface area contributed by atoms with Crippen molar-refractivity contribution in [2.45, 2.75) is 38.5 Å². The number of nitriles is 1. The first-order chi connectivity index (χ1) is 15.6. The average Bonchev–Trinajstić information content (AvgIpc) is 3.43. The van der Waals surface area contributed by atoms with Gasteiger partial charge in [0.25, 0.3) is 0 Å². The first-order valence-corrected chi connectivity index (χ1v) is 10.9. The minimum atomic E-state index is 0.261. The molecule has 0 bridgehead atoms. The summed E-state index contributed by atoms with van der Waals surface area (Å²) >= 11 is 0. The van der Waals surface area contributed by atoms with E-state index >= 15 is 0 Å². The highest BCUT2D eigenvalue weighted by molar-refractivity contribution is 5.88. The Labute approximate surface area is 186 Å². The molecule has 32 heavy (non-hydrogen) atoms. The molecule has 0 unspecified atom stereocenters. The zero-order chi connectivity index (χ0) is 22.2. The molecule has 1 N–H and O–H groups in total. The van der Waals surface area contributed by atoms with Crippen molar-refractivity contribution in [3.05, 3.63) is 36.2 Å². The molecule has 0 aromatic carbocycles. The van der Waals surface area contributed by atoms with E-state index in [1.165, 1.54) is 6.33 Å². The third-order valence-corrected chi connectivity index (χ3v) is 6.27. The van der Waals surface area contributed by atoms with Crippen molar-refractivity contribution in [2.75, 3.05) is 26.7 Å². The molecule has 0 amide bonds. The van der Waals surface area contributed by atoms with Gasteiger partial charge in [-0.1, -0.05) is 13.8 Å². The summed E-state index contributed by atoms with van der Waals surface area (Å²) in [6.45, 7) is 6.67. The van der Waals surface area contributed by atoms with E-state index < -0.39 is 0 Å². The SMILES string of the molecule is COc1cc(-c2[nH]c3cnc(C4CCN(CC#N)CC4)nc3c2C(C)C)cn2ncnc12. The number of H-pyrrole nitrogens is 1. The Bertz CT molecular complexity index is 1310. The van der Waals surface area contributed by atoms with E-state index in [0.717, 1.165) is 59.6 Å². The summed E-state index contributed by atoms with van der Waals surface area (Å²) in [6, 6.07) is 4.23. The summed E-state index contributed by atoms with van der Waals surface area (Å²) in [5.74, 6) is 2.14. The number of hydrogen-bond donors (Lipinski definition) is 1. The van der Waals surface area contributed by atoms with Gasteiger partial charge in [0.1, 0.15) is 12.2 Å². The van der Waals surface area contributed by atoms with Gasteiger partial charge in [-0.25, -0.2) is 19.5 Å². The van der Waals surface area contributed by atoms with Gasteiger partial charge < -0.3 is 9.72 Å². The molecule has 0 atom stereocenters. The molecular weight excluding hydrogens is 404 g/mol. The van der Waals surface area contributed by atoms with Crippen LogP contribution in [0.15, 0.2) is 24.8 Å². The van der Waals surface area contributed by atoms with Crippen LogP contribution in [-0.4, -0.2) is 61.2 Å². The maximum Gasteiger partial charge on any atom is 0.197 e. The van der Waals surface area contributed by atoms with Crippen LogP contribution in [-0.2, 0) is 0 Å². The molecule has 5 heterocycles. The second kappa shape index (κ2) is 8.20. The largest absolute Gasteiger partial charge is 0.493 e. The first-order valence-electron chi connectivity index (χ1n) is 10.9. The molecule has 9 nitrogen and oxygen atoms in total. The number of hydrogen-bond acceptors (Lipinski definition) is 7. The molecule has 1 aliphatic heterocycles. The third-order valence-electron chi connectivity index (χ3n) is 6.27. The Kier molecular flexibility index (Phi) is 5.23. The van der Waals surface area contributed by atoms with E-state index in [2.05, 4.69) is 39.9 Å². The summed E-state index contributed by atoms with van der Waals surface area (Å²) in [7, 11) is 1.64.